The number of hydrogen-bond acceptors (Lipinski definition) is 4. The molecule has 1 aromatic carbocycles. The highest BCUT2D eigenvalue weighted by molar-refractivity contribution is 5.96. The molecular weight excluding hydrogens is 312 g/mol. The van der Waals surface area contributed by atoms with Crippen LogP contribution < -0.4 is 10.6 Å². The van der Waals surface area contributed by atoms with Crippen molar-refractivity contribution in [1.82, 2.24) is 5.32 Å². The second kappa shape index (κ2) is 8.33. The molecule has 0 aromatic heterocycles. The highest BCUT2D eigenvalue weighted by Gasteiger charge is 2.21. The minimum absolute atomic E-state index is 0.0292. The Balaban J connectivity index is 2.67. The van der Waals surface area contributed by atoms with Crippen molar-refractivity contribution in [3.63, 3.8) is 0 Å². The molecule has 7 heteroatoms. The molecule has 7 nitrogen and oxygen atoms in total. The number of aliphatic carboxylic acids is 1. The molecule has 0 aliphatic heterocycles. The second-order valence-electron chi connectivity index (χ2n) is 6.41. The van der Waals surface area contributed by atoms with Gasteiger partial charge in [-0.3, -0.25) is 9.59 Å². The topological polar surface area (TPSA) is 105 Å². The van der Waals surface area contributed by atoms with Gasteiger partial charge in [-0.15, -0.1) is 0 Å². The fourth-order valence-electron chi connectivity index (χ4n) is 1.89. The number of para-hydroxylation sites is 1. The summed E-state index contributed by atoms with van der Waals surface area (Å²) in [7, 11) is 0. The summed E-state index contributed by atoms with van der Waals surface area (Å²) in [5.74, 6) is -1.32. The summed E-state index contributed by atoms with van der Waals surface area (Å²) in [4.78, 5) is 34.6. The Morgan fingerprint density at radius 1 is 1.21 bits per heavy atom. The first-order valence-electron chi connectivity index (χ1n) is 7.68. The van der Waals surface area contributed by atoms with Crippen molar-refractivity contribution in [3.05, 3.63) is 29.8 Å². The number of carboxylic acids is 1. The molecule has 0 saturated carbocycles. The van der Waals surface area contributed by atoms with E-state index in [4.69, 9.17) is 9.84 Å². The first-order chi connectivity index (χ1) is 11.1. The third-order valence-electron chi connectivity index (χ3n) is 3.01. The fourth-order valence-corrected chi connectivity index (χ4v) is 1.89. The fraction of sp³-hybridized carbons (Fsp3) is 0.471. The van der Waals surface area contributed by atoms with E-state index in [0.29, 0.717) is 12.1 Å². The average Bonchev–Trinajstić information content (AvgIpc) is 2.44. The lowest BCUT2D eigenvalue weighted by Crippen LogP contribution is -2.44. The number of carbonyl (C=O) groups excluding carboxylic acids is 2. The van der Waals surface area contributed by atoms with Gasteiger partial charge in [-0.25, -0.2) is 4.79 Å². The molecule has 0 fully saturated rings. The Kier molecular flexibility index (Phi) is 6.76. The molecule has 24 heavy (non-hydrogen) atoms. The highest BCUT2D eigenvalue weighted by atomic mass is 16.6. The molecule has 1 aromatic rings. The summed E-state index contributed by atoms with van der Waals surface area (Å²) >= 11 is 0. The minimum Gasteiger partial charge on any atom is -0.481 e. The number of carboxylic acid groups (broad SMARTS) is 1. The van der Waals surface area contributed by atoms with Gasteiger partial charge in [0.05, 0.1) is 0 Å². The number of nitrogens with one attached hydrogen (secondary N) is 2. The maximum atomic E-state index is 12.2. The van der Waals surface area contributed by atoms with Gasteiger partial charge in [0.25, 0.3) is 0 Å². The minimum atomic E-state index is -0.906. The van der Waals surface area contributed by atoms with E-state index in [1.54, 1.807) is 52.0 Å². The number of carbonyl (C=O) groups is 3. The van der Waals surface area contributed by atoms with Gasteiger partial charge >= 0.3 is 12.1 Å². The molecule has 3 N–H and O–H groups in total. The first-order valence-corrected chi connectivity index (χ1v) is 7.68. The van der Waals surface area contributed by atoms with Crippen molar-refractivity contribution >= 4 is 23.7 Å². The van der Waals surface area contributed by atoms with Crippen LogP contribution in [0.25, 0.3) is 0 Å². The van der Waals surface area contributed by atoms with Crippen LogP contribution in [0.3, 0.4) is 0 Å². The van der Waals surface area contributed by atoms with Gasteiger partial charge in [0, 0.05) is 12.1 Å². The van der Waals surface area contributed by atoms with Gasteiger partial charge in [-0.05, 0) is 45.7 Å². The monoisotopic (exact) mass is 336 g/mol. The molecule has 1 atom stereocenters. The van der Waals surface area contributed by atoms with Crippen LogP contribution in [0.1, 0.15) is 39.7 Å². The Morgan fingerprint density at radius 3 is 2.42 bits per heavy atom. The number of hydrogen-bond donors (Lipinski definition) is 3. The van der Waals surface area contributed by atoms with E-state index in [2.05, 4.69) is 10.6 Å². The number of rotatable bonds is 6. The van der Waals surface area contributed by atoms with Crippen molar-refractivity contribution in [2.75, 3.05) is 5.32 Å². The van der Waals surface area contributed by atoms with Crippen molar-refractivity contribution in [2.45, 2.75) is 52.2 Å². The summed E-state index contributed by atoms with van der Waals surface area (Å²) < 4.78 is 5.10. The molecule has 0 aliphatic carbocycles. The van der Waals surface area contributed by atoms with Crippen LogP contribution >= 0.6 is 0 Å². The molecule has 0 radical (unpaired) electrons. The number of alkyl carbamates (subject to hydrolysis) is 1. The molecule has 2 amide bonds. The van der Waals surface area contributed by atoms with Gasteiger partial charge < -0.3 is 20.5 Å². The SMILES string of the molecule is C[C@H](NC(=O)OC(C)(C)C)C(=O)Nc1ccccc1CCC(=O)O. The van der Waals surface area contributed by atoms with E-state index >= 15 is 0 Å². The summed E-state index contributed by atoms with van der Waals surface area (Å²) in [6.45, 7) is 6.74. The van der Waals surface area contributed by atoms with Gasteiger partial charge in [0.1, 0.15) is 11.6 Å². The van der Waals surface area contributed by atoms with Crippen LogP contribution in [0.15, 0.2) is 24.3 Å². The molecule has 0 saturated heterocycles. The van der Waals surface area contributed by atoms with Gasteiger partial charge in [-0.1, -0.05) is 18.2 Å². The predicted octanol–water partition coefficient (Wildman–Crippen LogP) is 2.56. The first kappa shape index (κ1) is 19.5. The van der Waals surface area contributed by atoms with Crippen molar-refractivity contribution < 1.29 is 24.2 Å². The lowest BCUT2D eigenvalue weighted by atomic mass is 10.1. The van der Waals surface area contributed by atoms with Crippen molar-refractivity contribution in [2.24, 2.45) is 0 Å². The van der Waals surface area contributed by atoms with E-state index in [1.165, 1.54) is 0 Å². The zero-order valence-electron chi connectivity index (χ0n) is 14.4. The Labute approximate surface area is 141 Å². The Morgan fingerprint density at radius 2 is 1.83 bits per heavy atom. The van der Waals surface area contributed by atoms with Crippen LogP contribution in [0.4, 0.5) is 10.5 Å². The summed E-state index contributed by atoms with van der Waals surface area (Å²) in [6.07, 6.45) is -0.401. The second-order valence-corrected chi connectivity index (χ2v) is 6.41. The van der Waals surface area contributed by atoms with E-state index in [1.807, 2.05) is 0 Å². The maximum Gasteiger partial charge on any atom is 0.408 e. The largest absolute Gasteiger partial charge is 0.481 e. The van der Waals surface area contributed by atoms with Crippen LogP contribution in [0, 0.1) is 0 Å². The van der Waals surface area contributed by atoms with E-state index in [0.717, 1.165) is 5.56 Å². The van der Waals surface area contributed by atoms with Crippen LogP contribution in [0.5, 0.6) is 0 Å². The zero-order valence-corrected chi connectivity index (χ0v) is 14.4. The van der Waals surface area contributed by atoms with Gasteiger partial charge in [-0.2, -0.15) is 0 Å². The lowest BCUT2D eigenvalue weighted by molar-refractivity contribution is -0.137. The molecule has 0 spiro atoms. The van der Waals surface area contributed by atoms with E-state index < -0.39 is 29.6 Å². The summed E-state index contributed by atoms with van der Waals surface area (Å²) in [6, 6.07) is 6.16. The van der Waals surface area contributed by atoms with Gasteiger partial charge in [0.15, 0.2) is 0 Å². The van der Waals surface area contributed by atoms with Crippen molar-refractivity contribution in [3.8, 4) is 0 Å². The van der Waals surface area contributed by atoms with Crippen LogP contribution in [0.2, 0.25) is 0 Å². The maximum absolute atomic E-state index is 12.2. The number of benzene rings is 1. The summed E-state index contributed by atoms with van der Waals surface area (Å²) in [5, 5.41) is 13.9. The molecular formula is C17H24N2O5. The lowest BCUT2D eigenvalue weighted by Gasteiger charge is -2.22. The molecule has 0 bridgehead atoms. The average molecular weight is 336 g/mol. The van der Waals surface area contributed by atoms with Crippen LogP contribution in [-0.2, 0) is 20.7 Å². The third-order valence-corrected chi connectivity index (χ3v) is 3.01. The highest BCUT2D eigenvalue weighted by Crippen LogP contribution is 2.17. The summed E-state index contributed by atoms with van der Waals surface area (Å²) in [5.41, 5.74) is 0.600. The Hall–Kier alpha value is -2.57. The van der Waals surface area contributed by atoms with E-state index in [-0.39, 0.29) is 6.42 Å². The number of aryl methyl sites for hydroxylation is 1. The number of amides is 2. The number of ether oxygens (including phenoxy) is 1. The normalized spacial score (nSPS) is 12.2. The standard InChI is InChI=1S/C17H24N2O5/c1-11(18-16(23)24-17(2,3)4)15(22)19-13-8-6-5-7-12(13)9-10-14(20)21/h5-8,11H,9-10H2,1-4H3,(H,18,23)(H,19,22)(H,20,21)/t11-/m0/s1. The van der Waals surface area contributed by atoms with Crippen molar-refractivity contribution in [1.29, 1.82) is 0 Å². The quantitative estimate of drug-likeness (QED) is 0.740. The molecule has 0 unspecified atom stereocenters. The van der Waals surface area contributed by atoms with Crippen LogP contribution in [-0.4, -0.2) is 34.7 Å². The molecule has 0 heterocycles. The van der Waals surface area contributed by atoms with E-state index in [9.17, 15) is 14.4 Å². The predicted molar refractivity (Wildman–Crippen MR) is 89.9 cm³/mol. The number of anilines is 1. The zero-order chi connectivity index (χ0) is 18.3. The molecule has 132 valence electrons. The third kappa shape index (κ3) is 7.13. The Bertz CT molecular complexity index is 607. The molecule has 1 rings (SSSR count). The molecule has 0 aliphatic rings. The smallest absolute Gasteiger partial charge is 0.408 e. The van der Waals surface area contributed by atoms with Gasteiger partial charge in [0.2, 0.25) is 5.91 Å².